The van der Waals surface area contributed by atoms with E-state index >= 15 is 0 Å². The number of benzene rings is 2. The zero-order chi connectivity index (χ0) is 19.6. The molecule has 0 amide bonds. The summed E-state index contributed by atoms with van der Waals surface area (Å²) in [5.74, 6) is 0.818. The quantitative estimate of drug-likeness (QED) is 0.450. The number of allylic oxidation sites excluding steroid dienone is 1. The van der Waals surface area contributed by atoms with Gasteiger partial charge < -0.3 is 19.3 Å². The molecule has 0 heterocycles. The Hall–Kier alpha value is -2.66. The van der Waals surface area contributed by atoms with Gasteiger partial charge in [-0.3, -0.25) is 4.79 Å². The van der Waals surface area contributed by atoms with Crippen LogP contribution in [0.4, 0.5) is 0 Å². The maximum absolute atomic E-state index is 10.7. The molecule has 0 aromatic heterocycles. The Morgan fingerprint density at radius 1 is 1.19 bits per heavy atom. The molecule has 1 N–H and O–H groups in total. The van der Waals surface area contributed by atoms with E-state index in [-0.39, 0.29) is 13.0 Å². The lowest BCUT2D eigenvalue weighted by atomic mass is 10.1. The van der Waals surface area contributed by atoms with Gasteiger partial charge in [-0.1, -0.05) is 35.9 Å². The summed E-state index contributed by atoms with van der Waals surface area (Å²) in [6.07, 6.45) is 2.95. The summed E-state index contributed by atoms with van der Waals surface area (Å²) in [5.41, 5.74) is 1.84. The average molecular weight is 391 g/mol. The number of rotatable bonds is 11. The summed E-state index contributed by atoms with van der Waals surface area (Å²) in [6, 6.07) is 11.2. The van der Waals surface area contributed by atoms with Gasteiger partial charge in [0.2, 0.25) is 0 Å². The lowest BCUT2D eigenvalue weighted by molar-refractivity contribution is -0.136. The van der Waals surface area contributed by atoms with Gasteiger partial charge >= 0.3 is 5.97 Å². The van der Waals surface area contributed by atoms with Crippen molar-refractivity contribution in [3.8, 4) is 17.2 Å². The highest BCUT2D eigenvalue weighted by molar-refractivity contribution is 6.32. The fraction of sp³-hybridized carbons (Fsp3) is 0.286. The van der Waals surface area contributed by atoms with Crippen LogP contribution < -0.4 is 14.2 Å². The minimum Gasteiger partial charge on any atom is -0.493 e. The number of carbonyl (C=O) groups is 1. The first-order valence-electron chi connectivity index (χ1n) is 8.57. The van der Waals surface area contributed by atoms with Gasteiger partial charge in [-0.15, -0.1) is 6.58 Å². The molecule has 0 aliphatic carbocycles. The topological polar surface area (TPSA) is 65.0 Å². The fourth-order valence-electron chi connectivity index (χ4n) is 2.57. The van der Waals surface area contributed by atoms with Crippen LogP contribution in [0.25, 0.3) is 0 Å². The number of halogens is 1. The highest BCUT2D eigenvalue weighted by atomic mass is 35.5. The Labute approximate surface area is 164 Å². The van der Waals surface area contributed by atoms with Gasteiger partial charge in [-0.25, -0.2) is 0 Å². The molecule has 0 unspecified atom stereocenters. The third-order valence-electron chi connectivity index (χ3n) is 3.84. The van der Waals surface area contributed by atoms with Crippen molar-refractivity contribution >= 4 is 17.6 Å². The Kier molecular flexibility index (Phi) is 8.01. The van der Waals surface area contributed by atoms with Crippen molar-refractivity contribution in [1.82, 2.24) is 0 Å². The highest BCUT2D eigenvalue weighted by Gasteiger charge is 2.13. The van der Waals surface area contributed by atoms with Crippen LogP contribution in [0.3, 0.4) is 0 Å². The second-order valence-corrected chi connectivity index (χ2v) is 6.21. The van der Waals surface area contributed by atoms with E-state index < -0.39 is 5.97 Å². The van der Waals surface area contributed by atoms with Crippen LogP contribution >= 0.6 is 11.6 Å². The van der Waals surface area contributed by atoms with E-state index in [1.807, 2.05) is 30.3 Å². The molecule has 0 saturated carbocycles. The molecule has 2 aromatic rings. The Bertz CT molecular complexity index is 788. The van der Waals surface area contributed by atoms with Crippen LogP contribution in [0.15, 0.2) is 49.1 Å². The normalized spacial score (nSPS) is 10.3. The molecule has 27 heavy (non-hydrogen) atoms. The third-order valence-corrected chi connectivity index (χ3v) is 4.12. The van der Waals surface area contributed by atoms with Crippen molar-refractivity contribution in [2.75, 3.05) is 20.3 Å². The van der Waals surface area contributed by atoms with Gasteiger partial charge in [0.25, 0.3) is 0 Å². The molecule has 0 spiro atoms. The smallest absolute Gasteiger partial charge is 0.303 e. The number of hydrogen-bond donors (Lipinski definition) is 1. The Morgan fingerprint density at radius 3 is 2.63 bits per heavy atom. The molecular weight excluding hydrogens is 368 g/mol. The molecule has 0 radical (unpaired) electrons. The van der Waals surface area contributed by atoms with E-state index in [1.165, 1.54) is 7.11 Å². The second-order valence-electron chi connectivity index (χ2n) is 5.80. The summed E-state index contributed by atoms with van der Waals surface area (Å²) in [5, 5.41) is 9.18. The van der Waals surface area contributed by atoms with Crippen molar-refractivity contribution in [3.05, 3.63) is 65.2 Å². The zero-order valence-electron chi connectivity index (χ0n) is 15.2. The number of carboxylic acid groups (broad SMARTS) is 1. The van der Waals surface area contributed by atoms with E-state index in [0.717, 1.165) is 23.3 Å². The first kappa shape index (κ1) is 20.6. The van der Waals surface area contributed by atoms with Crippen LogP contribution in [0, 0.1) is 0 Å². The van der Waals surface area contributed by atoms with E-state index in [1.54, 1.807) is 12.1 Å². The first-order chi connectivity index (χ1) is 13.0. The summed E-state index contributed by atoms with van der Waals surface area (Å²) >= 11 is 6.29. The van der Waals surface area contributed by atoms with E-state index in [2.05, 4.69) is 6.58 Å². The molecule has 2 aromatic carbocycles. The minimum absolute atomic E-state index is 0.0254. The van der Waals surface area contributed by atoms with Crippen LogP contribution in [-0.4, -0.2) is 31.4 Å². The monoisotopic (exact) mass is 390 g/mol. The predicted octanol–water partition coefficient (Wildman–Crippen LogP) is 4.55. The molecule has 0 aliphatic rings. The maximum atomic E-state index is 10.7. The van der Waals surface area contributed by atoms with Gasteiger partial charge in [-0.05, 0) is 42.2 Å². The lowest BCUT2D eigenvalue weighted by Crippen LogP contribution is -2.11. The molecule has 2 rings (SSSR count). The average Bonchev–Trinajstić information content (AvgIpc) is 2.65. The van der Waals surface area contributed by atoms with Crippen molar-refractivity contribution < 1.29 is 24.1 Å². The van der Waals surface area contributed by atoms with Gasteiger partial charge in [0, 0.05) is 6.42 Å². The fourth-order valence-corrected chi connectivity index (χ4v) is 2.86. The van der Waals surface area contributed by atoms with Crippen molar-refractivity contribution in [3.63, 3.8) is 0 Å². The van der Waals surface area contributed by atoms with Gasteiger partial charge in [0.05, 0.1) is 12.1 Å². The van der Waals surface area contributed by atoms with Crippen LogP contribution in [-0.2, 0) is 17.6 Å². The van der Waals surface area contributed by atoms with Crippen LogP contribution in [0.2, 0.25) is 5.02 Å². The number of aliphatic carboxylic acids is 1. The van der Waals surface area contributed by atoms with E-state index in [4.69, 9.17) is 30.9 Å². The molecule has 0 fully saturated rings. The molecule has 0 aliphatic heterocycles. The molecule has 0 atom stereocenters. The number of methoxy groups -OCH3 is 1. The van der Waals surface area contributed by atoms with Gasteiger partial charge in [0.15, 0.2) is 11.5 Å². The SMILES string of the molecule is C=CCc1ccccc1OCCOc1c(Cl)cc(CCC(=O)O)cc1OC. The lowest BCUT2D eigenvalue weighted by Gasteiger charge is -2.15. The van der Waals surface area contributed by atoms with Crippen molar-refractivity contribution in [2.45, 2.75) is 19.3 Å². The van der Waals surface area contributed by atoms with Gasteiger partial charge in [0.1, 0.15) is 19.0 Å². The maximum Gasteiger partial charge on any atom is 0.303 e. The standard InChI is InChI=1S/C21H23ClO5/c1-3-6-16-7-4-5-8-18(16)26-11-12-27-21-17(22)13-15(9-10-20(23)24)14-19(21)25-2/h3-5,7-8,13-14H,1,6,9-12H2,2H3,(H,23,24). The number of ether oxygens (including phenoxy) is 3. The van der Waals surface area contributed by atoms with Crippen molar-refractivity contribution in [1.29, 1.82) is 0 Å². The minimum atomic E-state index is -0.862. The molecular formula is C21H23ClO5. The predicted molar refractivity (Wildman–Crippen MR) is 105 cm³/mol. The zero-order valence-corrected chi connectivity index (χ0v) is 16.0. The van der Waals surface area contributed by atoms with Gasteiger partial charge in [-0.2, -0.15) is 0 Å². The third kappa shape index (κ3) is 6.22. The summed E-state index contributed by atoms with van der Waals surface area (Å²) < 4.78 is 16.9. The van der Waals surface area contributed by atoms with Crippen LogP contribution in [0.5, 0.6) is 17.2 Å². The number of aryl methyl sites for hydroxylation is 1. The largest absolute Gasteiger partial charge is 0.493 e. The Morgan fingerprint density at radius 2 is 1.93 bits per heavy atom. The van der Waals surface area contributed by atoms with Crippen LogP contribution in [0.1, 0.15) is 17.5 Å². The highest BCUT2D eigenvalue weighted by Crippen LogP contribution is 2.36. The molecule has 6 heteroatoms. The van der Waals surface area contributed by atoms with E-state index in [9.17, 15) is 4.79 Å². The number of para-hydroxylation sites is 1. The summed E-state index contributed by atoms with van der Waals surface area (Å²) in [7, 11) is 1.52. The second kappa shape index (κ2) is 10.5. The number of hydrogen-bond acceptors (Lipinski definition) is 4. The molecule has 144 valence electrons. The van der Waals surface area contributed by atoms with Crippen molar-refractivity contribution in [2.24, 2.45) is 0 Å². The summed E-state index contributed by atoms with van der Waals surface area (Å²) in [4.78, 5) is 10.7. The number of carboxylic acids is 1. The van der Waals surface area contributed by atoms with E-state index in [0.29, 0.717) is 29.5 Å². The molecule has 5 nitrogen and oxygen atoms in total. The molecule has 0 saturated heterocycles. The Balaban J connectivity index is 1.97. The first-order valence-corrected chi connectivity index (χ1v) is 8.95. The molecule has 0 bridgehead atoms. The summed E-state index contributed by atoms with van der Waals surface area (Å²) in [6.45, 7) is 4.38.